The fraction of sp³-hybridized carbons (Fsp3) is 0.235. The standard InChI is InChI=1S/C17H15ClFNO3S/c1-11-5-7-14(8-6-11)24(21,22)23-20-16-4-2-3-12-9-13(18)10-15(19)17(12)16/h5-10H,2-4H2,1H3/b20-16+. The van der Waals surface area contributed by atoms with Crippen LogP contribution in [0.15, 0.2) is 46.4 Å². The lowest BCUT2D eigenvalue weighted by Crippen LogP contribution is -2.16. The molecule has 0 unspecified atom stereocenters. The Labute approximate surface area is 145 Å². The van der Waals surface area contributed by atoms with Gasteiger partial charge in [0.1, 0.15) is 10.7 Å². The number of oxime groups is 1. The molecular weight excluding hydrogens is 353 g/mol. The van der Waals surface area contributed by atoms with Gasteiger partial charge in [-0.2, -0.15) is 8.42 Å². The largest absolute Gasteiger partial charge is 0.358 e. The molecule has 0 atom stereocenters. The Balaban J connectivity index is 1.93. The van der Waals surface area contributed by atoms with Crippen molar-refractivity contribution < 1.29 is 17.1 Å². The summed E-state index contributed by atoms with van der Waals surface area (Å²) in [6.45, 7) is 1.85. The first kappa shape index (κ1) is 16.9. The van der Waals surface area contributed by atoms with Crippen LogP contribution in [0.1, 0.15) is 29.5 Å². The van der Waals surface area contributed by atoms with Gasteiger partial charge in [-0.05, 0) is 56.0 Å². The number of aryl methyl sites for hydroxylation is 2. The highest BCUT2D eigenvalue weighted by Crippen LogP contribution is 2.28. The Kier molecular flexibility index (Phi) is 4.60. The van der Waals surface area contributed by atoms with Crippen LogP contribution in [0.25, 0.3) is 0 Å². The summed E-state index contributed by atoms with van der Waals surface area (Å²) in [5, 5.41) is 4.04. The number of hydrogen-bond donors (Lipinski definition) is 0. The van der Waals surface area contributed by atoms with Gasteiger partial charge < -0.3 is 0 Å². The molecule has 0 bridgehead atoms. The summed E-state index contributed by atoms with van der Waals surface area (Å²) in [5.41, 5.74) is 2.20. The van der Waals surface area contributed by atoms with E-state index in [1.54, 1.807) is 18.2 Å². The van der Waals surface area contributed by atoms with E-state index in [1.807, 2.05) is 6.92 Å². The first-order valence-electron chi connectivity index (χ1n) is 7.42. The van der Waals surface area contributed by atoms with Crippen LogP contribution < -0.4 is 0 Å². The van der Waals surface area contributed by atoms with E-state index < -0.39 is 15.9 Å². The second-order valence-corrected chi connectivity index (χ2v) is 7.62. The third kappa shape index (κ3) is 3.44. The predicted octanol–water partition coefficient (Wildman–Crippen LogP) is 4.23. The van der Waals surface area contributed by atoms with Crippen molar-refractivity contribution in [1.29, 1.82) is 0 Å². The zero-order valence-corrected chi connectivity index (χ0v) is 14.5. The van der Waals surface area contributed by atoms with Gasteiger partial charge >= 0.3 is 10.1 Å². The van der Waals surface area contributed by atoms with Crippen molar-refractivity contribution in [2.24, 2.45) is 5.16 Å². The van der Waals surface area contributed by atoms with Gasteiger partial charge in [0.25, 0.3) is 0 Å². The lowest BCUT2D eigenvalue weighted by Gasteiger charge is -2.18. The maximum absolute atomic E-state index is 14.2. The van der Waals surface area contributed by atoms with Gasteiger partial charge in [-0.3, -0.25) is 4.28 Å². The van der Waals surface area contributed by atoms with E-state index in [4.69, 9.17) is 15.9 Å². The molecule has 2 aromatic rings. The Morgan fingerprint density at radius 1 is 1.17 bits per heavy atom. The van der Waals surface area contributed by atoms with Crippen LogP contribution in [-0.2, 0) is 20.8 Å². The summed E-state index contributed by atoms with van der Waals surface area (Å²) in [7, 11) is -4.04. The summed E-state index contributed by atoms with van der Waals surface area (Å²) < 4.78 is 43.4. The lowest BCUT2D eigenvalue weighted by atomic mass is 9.90. The number of rotatable bonds is 3. The molecule has 0 aromatic heterocycles. The summed E-state index contributed by atoms with van der Waals surface area (Å²) in [6.07, 6.45) is 1.82. The lowest BCUT2D eigenvalue weighted by molar-refractivity contribution is 0.337. The van der Waals surface area contributed by atoms with Crippen LogP contribution in [0.2, 0.25) is 5.02 Å². The molecule has 24 heavy (non-hydrogen) atoms. The van der Waals surface area contributed by atoms with Crippen LogP contribution in [-0.4, -0.2) is 14.1 Å². The number of nitrogens with zero attached hydrogens (tertiary/aromatic N) is 1. The zero-order valence-electron chi connectivity index (χ0n) is 12.9. The average Bonchev–Trinajstić information content (AvgIpc) is 2.53. The monoisotopic (exact) mass is 367 g/mol. The zero-order chi connectivity index (χ0) is 17.3. The minimum atomic E-state index is -4.04. The molecule has 1 aliphatic carbocycles. The Bertz CT molecular complexity index is 908. The maximum atomic E-state index is 14.2. The van der Waals surface area contributed by atoms with Gasteiger partial charge in [0.05, 0.1) is 5.71 Å². The first-order valence-corrected chi connectivity index (χ1v) is 9.21. The fourth-order valence-electron chi connectivity index (χ4n) is 2.65. The van der Waals surface area contributed by atoms with Crippen molar-refractivity contribution in [2.45, 2.75) is 31.1 Å². The molecule has 2 aromatic carbocycles. The van der Waals surface area contributed by atoms with Crippen LogP contribution in [0.3, 0.4) is 0 Å². The van der Waals surface area contributed by atoms with Gasteiger partial charge in [-0.15, -0.1) is 0 Å². The molecule has 126 valence electrons. The third-order valence-corrected chi connectivity index (χ3v) is 5.18. The minimum absolute atomic E-state index is 0.00469. The summed E-state index contributed by atoms with van der Waals surface area (Å²) in [4.78, 5) is 0.00469. The number of hydrogen-bond acceptors (Lipinski definition) is 4. The molecule has 0 radical (unpaired) electrons. The summed E-state index contributed by atoms with van der Waals surface area (Å²) in [6, 6.07) is 9.08. The van der Waals surface area contributed by atoms with Crippen LogP contribution in [0.5, 0.6) is 0 Å². The normalized spacial score (nSPS) is 16.0. The van der Waals surface area contributed by atoms with Gasteiger partial charge in [-0.25, -0.2) is 4.39 Å². The van der Waals surface area contributed by atoms with Gasteiger partial charge in [0.2, 0.25) is 0 Å². The molecule has 0 fully saturated rings. The van der Waals surface area contributed by atoms with E-state index in [1.165, 1.54) is 18.2 Å². The van der Waals surface area contributed by atoms with E-state index in [0.717, 1.165) is 12.0 Å². The number of benzene rings is 2. The van der Waals surface area contributed by atoms with E-state index in [9.17, 15) is 12.8 Å². The van der Waals surface area contributed by atoms with Crippen LogP contribution in [0.4, 0.5) is 4.39 Å². The molecule has 1 aliphatic rings. The van der Waals surface area contributed by atoms with Crippen molar-refractivity contribution in [3.05, 3.63) is 63.9 Å². The van der Waals surface area contributed by atoms with E-state index in [2.05, 4.69) is 5.16 Å². The highest BCUT2D eigenvalue weighted by molar-refractivity contribution is 7.86. The molecule has 0 saturated heterocycles. The summed E-state index contributed by atoms with van der Waals surface area (Å²) in [5.74, 6) is -0.521. The van der Waals surface area contributed by atoms with Crippen molar-refractivity contribution in [3.63, 3.8) is 0 Å². The Hall–Kier alpha value is -1.92. The predicted molar refractivity (Wildman–Crippen MR) is 90.3 cm³/mol. The molecule has 0 heterocycles. The van der Waals surface area contributed by atoms with Crippen molar-refractivity contribution >= 4 is 27.4 Å². The van der Waals surface area contributed by atoms with Gasteiger partial charge in [0, 0.05) is 10.6 Å². The fourth-order valence-corrected chi connectivity index (χ4v) is 3.62. The number of halogens is 2. The molecule has 3 rings (SSSR count). The highest BCUT2D eigenvalue weighted by atomic mass is 35.5. The molecule has 7 heteroatoms. The van der Waals surface area contributed by atoms with E-state index in [0.29, 0.717) is 23.4 Å². The molecule has 4 nitrogen and oxygen atoms in total. The minimum Gasteiger partial charge on any atom is -0.264 e. The van der Waals surface area contributed by atoms with Gasteiger partial charge in [0.15, 0.2) is 0 Å². The molecule has 0 N–H and O–H groups in total. The second kappa shape index (κ2) is 6.53. The molecule has 0 spiro atoms. The third-order valence-electron chi connectivity index (χ3n) is 3.84. The van der Waals surface area contributed by atoms with E-state index in [-0.39, 0.29) is 16.2 Å². The second-order valence-electron chi connectivity index (χ2n) is 5.65. The topological polar surface area (TPSA) is 55.7 Å². The smallest absolute Gasteiger partial charge is 0.264 e. The Morgan fingerprint density at radius 2 is 1.88 bits per heavy atom. The quantitative estimate of drug-likeness (QED) is 0.763. The molecule has 0 saturated carbocycles. The highest BCUT2D eigenvalue weighted by Gasteiger charge is 2.23. The molecular formula is C17H15ClFNO3S. The van der Waals surface area contributed by atoms with Crippen molar-refractivity contribution in [2.75, 3.05) is 0 Å². The molecule has 0 aliphatic heterocycles. The van der Waals surface area contributed by atoms with Crippen molar-refractivity contribution in [3.8, 4) is 0 Å². The van der Waals surface area contributed by atoms with Crippen LogP contribution >= 0.6 is 11.6 Å². The molecule has 0 amide bonds. The number of fused-ring (bicyclic) bond motifs is 1. The maximum Gasteiger partial charge on any atom is 0.358 e. The summed E-state index contributed by atoms with van der Waals surface area (Å²) >= 11 is 5.87. The SMILES string of the molecule is Cc1ccc(S(=O)(=O)O/N=C2\CCCc3cc(Cl)cc(F)c32)cc1. The van der Waals surface area contributed by atoms with Crippen LogP contribution in [0, 0.1) is 12.7 Å². The Morgan fingerprint density at radius 3 is 2.58 bits per heavy atom. The van der Waals surface area contributed by atoms with Gasteiger partial charge in [-0.1, -0.05) is 34.5 Å². The first-order chi connectivity index (χ1) is 11.4. The van der Waals surface area contributed by atoms with Crippen molar-refractivity contribution in [1.82, 2.24) is 0 Å². The average molecular weight is 368 g/mol. The van der Waals surface area contributed by atoms with E-state index >= 15 is 0 Å².